The third-order valence-corrected chi connectivity index (χ3v) is 3.57. The zero-order valence-electron chi connectivity index (χ0n) is 11.5. The van der Waals surface area contributed by atoms with E-state index in [9.17, 15) is 9.59 Å². The van der Waals surface area contributed by atoms with Crippen LogP contribution in [-0.4, -0.2) is 11.6 Å². The summed E-state index contributed by atoms with van der Waals surface area (Å²) in [5.41, 5.74) is 0. The zero-order valence-corrected chi connectivity index (χ0v) is 11.5. The van der Waals surface area contributed by atoms with Crippen LogP contribution >= 0.6 is 0 Å². The normalized spacial score (nSPS) is 23.8. The second-order valence-corrected chi connectivity index (χ2v) is 5.26. The van der Waals surface area contributed by atoms with Crippen molar-refractivity contribution in [3.63, 3.8) is 0 Å². The lowest BCUT2D eigenvalue weighted by Gasteiger charge is -2.03. The van der Waals surface area contributed by atoms with Crippen molar-refractivity contribution in [1.82, 2.24) is 0 Å². The molecule has 1 aliphatic rings. The van der Waals surface area contributed by atoms with Gasteiger partial charge in [0.1, 0.15) is 0 Å². The molecule has 0 N–H and O–H groups in total. The van der Waals surface area contributed by atoms with Crippen LogP contribution in [0.15, 0.2) is 12.2 Å². The van der Waals surface area contributed by atoms with Crippen LogP contribution in [0, 0.1) is 0 Å². The van der Waals surface area contributed by atoms with Gasteiger partial charge in [-0.1, -0.05) is 57.4 Å². The summed E-state index contributed by atoms with van der Waals surface area (Å²) in [6, 6.07) is 0. The van der Waals surface area contributed by atoms with Crippen molar-refractivity contribution in [3.05, 3.63) is 12.2 Å². The number of carbonyl (C=O) groups excluding carboxylic acids is 2. The number of ketones is 2. The van der Waals surface area contributed by atoms with Crippen molar-refractivity contribution in [2.75, 3.05) is 0 Å². The lowest BCUT2D eigenvalue weighted by Crippen LogP contribution is -2.10. The molecule has 1 rings (SSSR count). The van der Waals surface area contributed by atoms with Gasteiger partial charge in [0, 0.05) is 6.42 Å². The maximum atomic E-state index is 11.5. The highest BCUT2D eigenvalue weighted by Crippen LogP contribution is 2.12. The monoisotopic (exact) mass is 250 g/mol. The number of hydrogen-bond donors (Lipinski definition) is 0. The lowest BCUT2D eigenvalue weighted by molar-refractivity contribution is -0.133. The Labute approximate surface area is 111 Å². The van der Waals surface area contributed by atoms with Crippen molar-refractivity contribution >= 4 is 11.6 Å². The largest absolute Gasteiger partial charge is 0.291 e. The summed E-state index contributed by atoms with van der Waals surface area (Å²) in [7, 11) is 0. The molecule has 1 aliphatic carbocycles. The van der Waals surface area contributed by atoms with Crippen molar-refractivity contribution in [3.8, 4) is 0 Å². The Kier molecular flexibility index (Phi) is 8.45. The Hall–Kier alpha value is -0.920. The van der Waals surface area contributed by atoms with E-state index in [1.807, 2.05) is 6.08 Å². The van der Waals surface area contributed by atoms with E-state index in [0.29, 0.717) is 6.42 Å². The fraction of sp³-hybridized carbons (Fsp3) is 0.750. The van der Waals surface area contributed by atoms with Crippen LogP contribution < -0.4 is 0 Å². The van der Waals surface area contributed by atoms with Gasteiger partial charge in [-0.05, 0) is 25.3 Å². The van der Waals surface area contributed by atoms with Gasteiger partial charge in [0.2, 0.25) is 11.6 Å². The first-order chi connectivity index (χ1) is 8.80. The Morgan fingerprint density at radius 3 is 1.78 bits per heavy atom. The van der Waals surface area contributed by atoms with Crippen LogP contribution in [0.1, 0.15) is 77.0 Å². The minimum atomic E-state index is -0.304. The molecule has 0 saturated heterocycles. The zero-order chi connectivity index (χ0) is 13.1. The van der Waals surface area contributed by atoms with Gasteiger partial charge in [-0.3, -0.25) is 9.59 Å². The second kappa shape index (κ2) is 10.0. The fourth-order valence-electron chi connectivity index (χ4n) is 2.37. The van der Waals surface area contributed by atoms with E-state index in [-0.39, 0.29) is 11.6 Å². The smallest absolute Gasteiger partial charge is 0.221 e. The van der Waals surface area contributed by atoms with Gasteiger partial charge in [0.25, 0.3) is 0 Å². The molecule has 0 spiro atoms. The number of Topliss-reactive ketones (excluding diaryl/α,β-unsaturated/α-hetero) is 1. The Morgan fingerprint density at radius 2 is 1.17 bits per heavy atom. The molecule has 2 nitrogen and oxygen atoms in total. The minimum absolute atomic E-state index is 0.210. The quantitative estimate of drug-likeness (QED) is 0.598. The van der Waals surface area contributed by atoms with Crippen LogP contribution in [0.5, 0.6) is 0 Å². The van der Waals surface area contributed by atoms with Crippen molar-refractivity contribution in [2.24, 2.45) is 0 Å². The number of carbonyl (C=O) groups is 2. The summed E-state index contributed by atoms with van der Waals surface area (Å²) in [6.07, 6.45) is 16.9. The molecule has 0 amide bonds. The molecule has 0 heterocycles. The Bertz CT molecular complexity index is 279. The highest BCUT2D eigenvalue weighted by Gasteiger charge is 2.09. The van der Waals surface area contributed by atoms with Crippen LogP contribution in [0.25, 0.3) is 0 Å². The second-order valence-electron chi connectivity index (χ2n) is 5.26. The molecule has 0 bridgehead atoms. The van der Waals surface area contributed by atoms with E-state index in [1.54, 1.807) is 0 Å². The summed E-state index contributed by atoms with van der Waals surface area (Å²) < 4.78 is 0. The first-order valence-electron chi connectivity index (χ1n) is 7.54. The summed E-state index contributed by atoms with van der Waals surface area (Å²) in [6.45, 7) is 0. The molecule has 0 saturated carbocycles. The third-order valence-electron chi connectivity index (χ3n) is 3.57. The summed E-state index contributed by atoms with van der Waals surface area (Å²) in [5, 5.41) is 0. The van der Waals surface area contributed by atoms with E-state index < -0.39 is 0 Å². The van der Waals surface area contributed by atoms with E-state index in [1.165, 1.54) is 51.0 Å². The SMILES string of the molecule is O=C1/C=C\CCCCCCCCCCCCC1=O. The predicted octanol–water partition coefficient (Wildman–Crippen LogP) is 4.38. The minimum Gasteiger partial charge on any atom is -0.291 e. The highest BCUT2D eigenvalue weighted by molar-refractivity contribution is 6.41. The summed E-state index contributed by atoms with van der Waals surface area (Å²) in [4.78, 5) is 23.0. The van der Waals surface area contributed by atoms with Crippen molar-refractivity contribution in [1.29, 1.82) is 0 Å². The van der Waals surface area contributed by atoms with Crippen LogP contribution in [-0.2, 0) is 9.59 Å². The highest BCUT2D eigenvalue weighted by atomic mass is 16.2. The predicted molar refractivity (Wildman–Crippen MR) is 74.6 cm³/mol. The van der Waals surface area contributed by atoms with E-state index in [2.05, 4.69) is 0 Å². The van der Waals surface area contributed by atoms with Crippen molar-refractivity contribution in [2.45, 2.75) is 77.0 Å². The molecular weight excluding hydrogens is 224 g/mol. The molecule has 0 radical (unpaired) electrons. The van der Waals surface area contributed by atoms with Gasteiger partial charge in [0.15, 0.2) is 0 Å². The van der Waals surface area contributed by atoms with Crippen LogP contribution in [0.2, 0.25) is 0 Å². The average molecular weight is 250 g/mol. The van der Waals surface area contributed by atoms with Gasteiger partial charge in [-0.25, -0.2) is 0 Å². The Morgan fingerprint density at radius 1 is 0.667 bits per heavy atom. The number of rotatable bonds is 0. The van der Waals surface area contributed by atoms with Gasteiger partial charge in [-0.15, -0.1) is 0 Å². The maximum absolute atomic E-state index is 11.5. The molecule has 102 valence electrons. The molecule has 0 unspecified atom stereocenters. The molecule has 18 heavy (non-hydrogen) atoms. The summed E-state index contributed by atoms with van der Waals surface area (Å²) >= 11 is 0. The maximum Gasteiger partial charge on any atom is 0.221 e. The molecular formula is C16H26O2. The fourth-order valence-corrected chi connectivity index (χ4v) is 2.37. The van der Waals surface area contributed by atoms with Gasteiger partial charge >= 0.3 is 0 Å². The topological polar surface area (TPSA) is 34.1 Å². The third kappa shape index (κ3) is 7.41. The summed E-state index contributed by atoms with van der Waals surface area (Å²) in [5.74, 6) is -0.513. The van der Waals surface area contributed by atoms with Gasteiger partial charge in [0.05, 0.1) is 0 Å². The van der Waals surface area contributed by atoms with Crippen molar-refractivity contribution < 1.29 is 9.59 Å². The average Bonchev–Trinajstić information content (AvgIpc) is 2.37. The first kappa shape index (κ1) is 15.1. The van der Waals surface area contributed by atoms with Crippen LogP contribution in [0.4, 0.5) is 0 Å². The Balaban J connectivity index is 2.33. The standard InChI is InChI=1S/C16H26O2/c17-15-13-11-9-7-5-3-1-2-4-6-8-10-12-14-16(15)18/h11,13H,1-10,12,14H2/b13-11-. The molecule has 2 heteroatoms. The lowest BCUT2D eigenvalue weighted by atomic mass is 10.0. The number of allylic oxidation sites excluding steroid dienone is 2. The first-order valence-corrected chi connectivity index (χ1v) is 7.54. The molecule has 0 aromatic rings. The molecule has 0 aliphatic heterocycles. The van der Waals surface area contributed by atoms with E-state index in [4.69, 9.17) is 0 Å². The molecule has 0 fully saturated rings. The van der Waals surface area contributed by atoms with Crippen LogP contribution in [0.3, 0.4) is 0 Å². The molecule has 0 aromatic carbocycles. The molecule has 0 atom stereocenters. The van der Waals surface area contributed by atoms with E-state index >= 15 is 0 Å². The van der Waals surface area contributed by atoms with E-state index in [0.717, 1.165) is 25.7 Å². The van der Waals surface area contributed by atoms with Gasteiger partial charge < -0.3 is 0 Å². The van der Waals surface area contributed by atoms with Gasteiger partial charge in [-0.2, -0.15) is 0 Å². The molecule has 0 aromatic heterocycles. The number of hydrogen-bond acceptors (Lipinski definition) is 2.